The van der Waals surface area contributed by atoms with E-state index in [1.165, 1.54) is 16.1 Å². The summed E-state index contributed by atoms with van der Waals surface area (Å²) in [6, 6.07) is 12.0. The molecule has 2 aromatic carbocycles. The van der Waals surface area contributed by atoms with Gasteiger partial charge in [-0.3, -0.25) is 4.31 Å². The van der Waals surface area contributed by atoms with Crippen molar-refractivity contribution in [1.29, 1.82) is 0 Å². The average Bonchev–Trinajstić information content (AvgIpc) is 2.70. The third-order valence-electron chi connectivity index (χ3n) is 5.02. The third kappa shape index (κ3) is 4.27. The number of ether oxygens (including phenoxy) is 1. The zero-order valence-electron chi connectivity index (χ0n) is 16.3. The standard InChI is InChI=1S/C20H25ClN2O3S2/c1-22-12-10-15(11-13-22)23(18-6-4-5-7-19(18)26-2)28(24,25)16-8-9-20(27-3)17(21)14-16/h4-9,14-15H,10-13H2,1-3H3. The summed E-state index contributed by atoms with van der Waals surface area (Å²) in [5.41, 5.74) is 0.560. The maximum absolute atomic E-state index is 13.7. The van der Waals surface area contributed by atoms with Gasteiger partial charge in [-0.1, -0.05) is 23.7 Å². The quantitative estimate of drug-likeness (QED) is 0.624. The normalized spacial score (nSPS) is 16.1. The molecular weight excluding hydrogens is 416 g/mol. The minimum atomic E-state index is -3.81. The molecule has 2 aromatic rings. The Hall–Kier alpha value is -1.41. The van der Waals surface area contributed by atoms with E-state index in [4.69, 9.17) is 16.3 Å². The summed E-state index contributed by atoms with van der Waals surface area (Å²) in [4.78, 5) is 3.26. The molecule has 0 bridgehead atoms. The molecule has 1 saturated heterocycles. The first kappa shape index (κ1) is 21.3. The first-order chi connectivity index (χ1) is 13.4. The Balaban J connectivity index is 2.11. The van der Waals surface area contributed by atoms with E-state index < -0.39 is 10.0 Å². The lowest BCUT2D eigenvalue weighted by Crippen LogP contribution is -2.46. The van der Waals surface area contributed by atoms with Gasteiger partial charge in [0.15, 0.2) is 0 Å². The minimum Gasteiger partial charge on any atom is -0.495 e. The first-order valence-electron chi connectivity index (χ1n) is 9.08. The molecule has 0 N–H and O–H groups in total. The molecule has 0 saturated carbocycles. The van der Waals surface area contributed by atoms with Crippen molar-refractivity contribution in [2.24, 2.45) is 0 Å². The topological polar surface area (TPSA) is 49.9 Å². The number of hydrogen-bond donors (Lipinski definition) is 0. The predicted octanol–water partition coefficient (Wildman–Crippen LogP) is 4.36. The highest BCUT2D eigenvalue weighted by molar-refractivity contribution is 7.98. The number of benzene rings is 2. The van der Waals surface area contributed by atoms with E-state index in [0.29, 0.717) is 16.5 Å². The second-order valence-corrected chi connectivity index (χ2v) is 9.87. The van der Waals surface area contributed by atoms with Gasteiger partial charge in [-0.2, -0.15) is 0 Å². The van der Waals surface area contributed by atoms with Gasteiger partial charge < -0.3 is 9.64 Å². The third-order valence-corrected chi connectivity index (χ3v) is 8.11. The number of hydrogen-bond acceptors (Lipinski definition) is 5. The Morgan fingerprint density at radius 3 is 2.46 bits per heavy atom. The Labute approximate surface area is 176 Å². The predicted molar refractivity (Wildman–Crippen MR) is 116 cm³/mol. The van der Waals surface area contributed by atoms with Gasteiger partial charge in [-0.05, 0) is 69.6 Å². The van der Waals surface area contributed by atoms with Crippen molar-refractivity contribution in [3.63, 3.8) is 0 Å². The number of likely N-dealkylation sites (tertiary alicyclic amines) is 1. The zero-order chi connectivity index (χ0) is 20.3. The van der Waals surface area contributed by atoms with Crippen molar-refractivity contribution in [2.75, 3.05) is 37.8 Å². The van der Waals surface area contributed by atoms with Crippen molar-refractivity contribution < 1.29 is 13.2 Å². The summed E-state index contributed by atoms with van der Waals surface area (Å²) in [7, 11) is -0.198. The van der Waals surface area contributed by atoms with Crippen molar-refractivity contribution in [3.05, 3.63) is 47.5 Å². The summed E-state index contributed by atoms with van der Waals surface area (Å²) in [6.07, 6.45) is 3.42. The summed E-state index contributed by atoms with van der Waals surface area (Å²) >= 11 is 7.80. The van der Waals surface area contributed by atoms with E-state index in [1.807, 2.05) is 18.4 Å². The number of piperidine rings is 1. The van der Waals surface area contributed by atoms with Crippen LogP contribution in [-0.2, 0) is 10.0 Å². The van der Waals surface area contributed by atoms with Crippen molar-refractivity contribution in [2.45, 2.75) is 28.7 Å². The Morgan fingerprint density at radius 2 is 1.86 bits per heavy atom. The molecule has 152 valence electrons. The highest BCUT2D eigenvalue weighted by atomic mass is 35.5. The van der Waals surface area contributed by atoms with Crippen molar-refractivity contribution >= 4 is 39.1 Å². The van der Waals surface area contributed by atoms with Crippen LogP contribution < -0.4 is 9.04 Å². The molecule has 0 unspecified atom stereocenters. The van der Waals surface area contributed by atoms with Gasteiger partial charge in [0.2, 0.25) is 0 Å². The van der Waals surface area contributed by atoms with E-state index >= 15 is 0 Å². The Morgan fingerprint density at radius 1 is 1.18 bits per heavy atom. The Kier molecular flexibility index (Phi) is 6.81. The van der Waals surface area contributed by atoms with Crippen LogP contribution in [0, 0.1) is 0 Å². The van der Waals surface area contributed by atoms with Crippen LogP contribution in [0.5, 0.6) is 5.75 Å². The molecule has 8 heteroatoms. The fourth-order valence-corrected chi connectivity index (χ4v) is 6.17. The zero-order valence-corrected chi connectivity index (χ0v) is 18.6. The summed E-state index contributed by atoms with van der Waals surface area (Å²) in [5.74, 6) is 0.539. The van der Waals surface area contributed by atoms with Gasteiger partial charge in [0.25, 0.3) is 10.0 Å². The summed E-state index contributed by atoms with van der Waals surface area (Å²) in [5, 5.41) is 0.442. The van der Waals surface area contributed by atoms with Crippen molar-refractivity contribution in [1.82, 2.24) is 4.90 Å². The maximum Gasteiger partial charge on any atom is 0.264 e. The van der Waals surface area contributed by atoms with E-state index in [1.54, 1.807) is 37.4 Å². The van der Waals surface area contributed by atoms with E-state index in [2.05, 4.69) is 11.9 Å². The summed E-state index contributed by atoms with van der Waals surface area (Å²) < 4.78 is 34.5. The second kappa shape index (κ2) is 8.95. The lowest BCUT2D eigenvalue weighted by atomic mass is 10.1. The van der Waals surface area contributed by atoms with E-state index in [0.717, 1.165) is 30.8 Å². The lowest BCUT2D eigenvalue weighted by Gasteiger charge is -2.38. The molecule has 28 heavy (non-hydrogen) atoms. The maximum atomic E-state index is 13.7. The average molecular weight is 441 g/mol. The van der Waals surface area contributed by atoms with Gasteiger partial charge in [-0.15, -0.1) is 11.8 Å². The number of anilines is 1. The molecule has 5 nitrogen and oxygen atoms in total. The number of para-hydroxylation sites is 2. The van der Waals surface area contributed by atoms with Crippen LogP contribution >= 0.6 is 23.4 Å². The Bertz CT molecular complexity index is 929. The molecule has 0 aromatic heterocycles. The number of sulfonamides is 1. The monoisotopic (exact) mass is 440 g/mol. The molecule has 0 atom stereocenters. The first-order valence-corrected chi connectivity index (χ1v) is 12.1. The van der Waals surface area contributed by atoms with E-state index in [-0.39, 0.29) is 10.9 Å². The molecule has 1 aliphatic rings. The molecule has 1 heterocycles. The van der Waals surface area contributed by atoms with Crippen LogP contribution in [0.3, 0.4) is 0 Å². The number of nitrogens with zero attached hydrogens (tertiary/aromatic N) is 2. The molecule has 0 spiro atoms. The second-order valence-electron chi connectivity index (χ2n) is 6.80. The van der Waals surface area contributed by atoms with Crippen LogP contribution in [0.2, 0.25) is 5.02 Å². The number of halogens is 1. The fourth-order valence-electron chi connectivity index (χ4n) is 3.48. The van der Waals surface area contributed by atoms with Crippen molar-refractivity contribution in [3.8, 4) is 5.75 Å². The smallest absolute Gasteiger partial charge is 0.264 e. The van der Waals surface area contributed by atoms with Crippen LogP contribution in [0.4, 0.5) is 5.69 Å². The molecule has 3 rings (SSSR count). The van der Waals surface area contributed by atoms with Gasteiger partial charge in [0, 0.05) is 10.9 Å². The molecule has 1 fully saturated rings. The van der Waals surface area contributed by atoms with Crippen LogP contribution in [0.25, 0.3) is 0 Å². The fraction of sp³-hybridized carbons (Fsp3) is 0.400. The van der Waals surface area contributed by atoms with Crippen LogP contribution in [0.1, 0.15) is 12.8 Å². The molecule has 0 radical (unpaired) electrons. The highest BCUT2D eigenvalue weighted by Crippen LogP contribution is 2.37. The van der Waals surface area contributed by atoms with Gasteiger partial charge in [-0.25, -0.2) is 8.42 Å². The SMILES string of the molecule is COc1ccccc1N(C1CCN(C)CC1)S(=O)(=O)c1ccc(SC)c(Cl)c1. The highest BCUT2D eigenvalue weighted by Gasteiger charge is 2.35. The molecule has 1 aliphatic heterocycles. The summed E-state index contributed by atoms with van der Waals surface area (Å²) in [6.45, 7) is 1.69. The lowest BCUT2D eigenvalue weighted by molar-refractivity contribution is 0.257. The van der Waals surface area contributed by atoms with Gasteiger partial charge in [0.1, 0.15) is 5.75 Å². The largest absolute Gasteiger partial charge is 0.495 e. The van der Waals surface area contributed by atoms with Gasteiger partial charge >= 0.3 is 0 Å². The van der Waals surface area contributed by atoms with Crippen LogP contribution in [0.15, 0.2) is 52.3 Å². The molecular formula is C20H25ClN2O3S2. The number of methoxy groups -OCH3 is 1. The van der Waals surface area contributed by atoms with Gasteiger partial charge in [0.05, 0.1) is 22.7 Å². The van der Waals surface area contributed by atoms with E-state index in [9.17, 15) is 8.42 Å². The number of rotatable bonds is 6. The molecule has 0 aliphatic carbocycles. The van der Waals surface area contributed by atoms with Crippen LogP contribution in [-0.4, -0.2) is 52.9 Å². The molecule has 0 amide bonds. The minimum absolute atomic E-state index is 0.142. The number of thioether (sulfide) groups is 1.